The summed E-state index contributed by atoms with van der Waals surface area (Å²) >= 11 is 6.05. The van der Waals surface area contributed by atoms with Gasteiger partial charge in [0.05, 0.1) is 23.3 Å². The first-order valence-corrected chi connectivity index (χ1v) is 12.6. The Balaban J connectivity index is 1.71. The number of sulfonamides is 1. The number of benzene rings is 3. The lowest BCUT2D eigenvalue weighted by molar-refractivity contribution is -0.137. The van der Waals surface area contributed by atoms with Gasteiger partial charge in [-0.25, -0.2) is 5.01 Å². The van der Waals surface area contributed by atoms with Crippen molar-refractivity contribution in [2.75, 3.05) is 13.7 Å². The van der Waals surface area contributed by atoms with E-state index in [1.807, 2.05) is 42.5 Å². The zero-order valence-electron chi connectivity index (χ0n) is 19.0. The minimum Gasteiger partial charge on any atom is -0.467 e. The van der Waals surface area contributed by atoms with E-state index in [9.17, 15) is 21.6 Å². The molecule has 188 valence electrons. The Morgan fingerprint density at radius 3 is 2.25 bits per heavy atom. The van der Waals surface area contributed by atoms with Crippen LogP contribution < -0.4 is 0 Å². The number of alkyl halides is 3. The third kappa shape index (κ3) is 5.71. The number of rotatable bonds is 4. The number of methoxy groups -OCH3 is 1. The summed E-state index contributed by atoms with van der Waals surface area (Å²) in [6, 6.07) is 19.7. The fourth-order valence-corrected chi connectivity index (χ4v) is 4.91. The van der Waals surface area contributed by atoms with E-state index in [0.717, 1.165) is 23.3 Å². The molecule has 11 heteroatoms. The zero-order valence-corrected chi connectivity index (χ0v) is 20.6. The predicted molar refractivity (Wildman–Crippen MR) is 132 cm³/mol. The SMILES string of the molecule is CO/C(=N\S(=O)(=O)c1ccc(C(F)(F)F)cc1)N1CCC(c2ccccc2)C(c2ccc(Cl)cc2)=N1. The molecule has 0 fully saturated rings. The molecule has 0 radical (unpaired) electrons. The summed E-state index contributed by atoms with van der Waals surface area (Å²) in [5.74, 6) is -0.0757. The highest BCUT2D eigenvalue weighted by Crippen LogP contribution is 2.32. The molecule has 1 aliphatic rings. The normalized spacial score (nSPS) is 17.0. The largest absolute Gasteiger partial charge is 0.467 e. The third-order valence-electron chi connectivity index (χ3n) is 5.61. The van der Waals surface area contributed by atoms with E-state index in [2.05, 4.69) is 9.50 Å². The van der Waals surface area contributed by atoms with E-state index in [1.165, 1.54) is 12.1 Å². The Morgan fingerprint density at radius 2 is 1.67 bits per heavy atom. The Morgan fingerprint density at radius 1 is 1.03 bits per heavy atom. The van der Waals surface area contributed by atoms with E-state index in [1.54, 1.807) is 12.1 Å². The van der Waals surface area contributed by atoms with E-state index in [-0.39, 0.29) is 11.9 Å². The average Bonchev–Trinajstić information content (AvgIpc) is 2.87. The van der Waals surface area contributed by atoms with Gasteiger partial charge in [-0.2, -0.15) is 26.7 Å². The van der Waals surface area contributed by atoms with E-state index >= 15 is 0 Å². The lowest BCUT2D eigenvalue weighted by atomic mass is 9.86. The lowest BCUT2D eigenvalue weighted by Crippen LogP contribution is -2.37. The average molecular weight is 536 g/mol. The maximum atomic E-state index is 12.9. The quantitative estimate of drug-likeness (QED) is 0.306. The standard InChI is InChI=1S/C25H21ClF3N3O3S/c1-35-24(31-36(33,34)21-13-9-19(10-14-21)25(27,28)29)32-16-15-22(17-5-3-2-4-6-17)23(30-32)18-7-11-20(26)12-8-18/h2-14,22H,15-16H2,1H3/b31-24-. The Hall–Kier alpha value is -3.37. The van der Waals surface area contributed by atoms with Crippen molar-refractivity contribution in [2.24, 2.45) is 9.50 Å². The molecular formula is C25H21ClF3N3O3S. The van der Waals surface area contributed by atoms with Gasteiger partial charge >= 0.3 is 12.2 Å². The number of hydrogen-bond acceptors (Lipinski definition) is 4. The number of halogens is 4. The van der Waals surface area contributed by atoms with Crippen molar-refractivity contribution in [3.8, 4) is 0 Å². The lowest BCUT2D eigenvalue weighted by Gasteiger charge is -2.31. The van der Waals surface area contributed by atoms with Gasteiger partial charge in [0.2, 0.25) is 0 Å². The highest BCUT2D eigenvalue weighted by atomic mass is 35.5. The second-order valence-electron chi connectivity index (χ2n) is 7.94. The number of hydrazone groups is 1. The molecule has 36 heavy (non-hydrogen) atoms. The van der Waals surface area contributed by atoms with Crippen LogP contribution in [0.15, 0.2) is 93.3 Å². The maximum absolute atomic E-state index is 12.9. The number of ether oxygens (including phenoxy) is 1. The molecule has 0 amide bonds. The van der Waals surface area contributed by atoms with Gasteiger partial charge in [-0.1, -0.05) is 54.1 Å². The van der Waals surface area contributed by atoms with Crippen LogP contribution in [0.25, 0.3) is 0 Å². The van der Waals surface area contributed by atoms with E-state index < -0.39 is 26.7 Å². The second kappa shape index (κ2) is 10.3. The Kier molecular flexibility index (Phi) is 7.37. The molecule has 0 aromatic heterocycles. The van der Waals surface area contributed by atoms with Gasteiger partial charge in [-0.3, -0.25) is 0 Å². The van der Waals surface area contributed by atoms with Gasteiger partial charge in [0.25, 0.3) is 10.0 Å². The second-order valence-corrected chi connectivity index (χ2v) is 9.98. The zero-order chi connectivity index (χ0) is 25.9. The van der Waals surface area contributed by atoms with Crippen LogP contribution >= 0.6 is 11.6 Å². The van der Waals surface area contributed by atoms with Crippen LogP contribution in [0.3, 0.4) is 0 Å². The van der Waals surface area contributed by atoms with Crippen LogP contribution in [0.2, 0.25) is 5.02 Å². The van der Waals surface area contributed by atoms with Crippen LogP contribution in [0.4, 0.5) is 13.2 Å². The molecule has 1 unspecified atom stereocenters. The molecule has 0 spiro atoms. The van der Waals surface area contributed by atoms with Crippen molar-refractivity contribution in [3.63, 3.8) is 0 Å². The number of amidine groups is 1. The van der Waals surface area contributed by atoms with Gasteiger partial charge in [-0.05, 0) is 53.9 Å². The predicted octanol–water partition coefficient (Wildman–Crippen LogP) is 5.94. The Labute approximate surface area is 211 Å². The highest BCUT2D eigenvalue weighted by Gasteiger charge is 2.32. The monoisotopic (exact) mass is 535 g/mol. The molecule has 3 aromatic rings. The fourth-order valence-electron chi connectivity index (χ4n) is 3.83. The molecule has 6 nitrogen and oxygen atoms in total. The number of hydrogen-bond donors (Lipinski definition) is 0. The first kappa shape index (κ1) is 25.7. The molecule has 1 aliphatic heterocycles. The highest BCUT2D eigenvalue weighted by molar-refractivity contribution is 7.90. The van der Waals surface area contributed by atoms with Crippen molar-refractivity contribution in [1.82, 2.24) is 5.01 Å². The van der Waals surface area contributed by atoms with Crippen LogP contribution in [0, 0.1) is 0 Å². The summed E-state index contributed by atoms with van der Waals surface area (Å²) < 4.78 is 73.2. The molecule has 0 N–H and O–H groups in total. The summed E-state index contributed by atoms with van der Waals surface area (Å²) in [4.78, 5) is -0.397. The molecule has 4 rings (SSSR count). The minimum atomic E-state index is -4.58. The van der Waals surface area contributed by atoms with Crippen molar-refractivity contribution in [1.29, 1.82) is 0 Å². The van der Waals surface area contributed by atoms with Crippen LogP contribution in [-0.2, 0) is 20.9 Å². The summed E-state index contributed by atoms with van der Waals surface area (Å²) in [7, 11) is -3.12. The topological polar surface area (TPSA) is 71.3 Å². The minimum absolute atomic E-state index is 0.0757. The van der Waals surface area contributed by atoms with Gasteiger partial charge in [-0.15, -0.1) is 4.40 Å². The molecule has 3 aromatic carbocycles. The molecule has 0 saturated heterocycles. The Bertz CT molecular complexity index is 1380. The molecule has 1 atom stereocenters. The van der Waals surface area contributed by atoms with Crippen LogP contribution in [-0.4, -0.2) is 38.8 Å². The molecule has 0 aliphatic carbocycles. The van der Waals surface area contributed by atoms with Crippen molar-refractivity contribution < 1.29 is 26.3 Å². The van der Waals surface area contributed by atoms with Gasteiger partial charge in [0, 0.05) is 17.5 Å². The summed E-state index contributed by atoms with van der Waals surface area (Å²) in [6.45, 7) is 0.297. The van der Waals surface area contributed by atoms with E-state index in [4.69, 9.17) is 16.3 Å². The summed E-state index contributed by atoms with van der Waals surface area (Å²) in [5, 5.41) is 6.57. The third-order valence-corrected chi connectivity index (χ3v) is 7.13. The smallest absolute Gasteiger partial charge is 0.416 e. The van der Waals surface area contributed by atoms with E-state index in [0.29, 0.717) is 35.8 Å². The van der Waals surface area contributed by atoms with Gasteiger partial charge in [0.15, 0.2) is 0 Å². The van der Waals surface area contributed by atoms with Crippen LogP contribution in [0.5, 0.6) is 0 Å². The molecule has 1 heterocycles. The maximum Gasteiger partial charge on any atom is 0.416 e. The van der Waals surface area contributed by atoms with Crippen molar-refractivity contribution in [2.45, 2.75) is 23.4 Å². The number of nitrogens with zero attached hydrogens (tertiary/aromatic N) is 3. The van der Waals surface area contributed by atoms with Crippen molar-refractivity contribution in [3.05, 3.63) is 101 Å². The molecule has 0 saturated carbocycles. The first-order chi connectivity index (χ1) is 17.1. The van der Waals surface area contributed by atoms with Crippen molar-refractivity contribution >= 4 is 33.4 Å². The van der Waals surface area contributed by atoms with Crippen LogP contribution in [0.1, 0.15) is 29.0 Å². The molecular weight excluding hydrogens is 515 g/mol. The fraction of sp³-hybridized carbons (Fsp3) is 0.200. The van der Waals surface area contributed by atoms with Gasteiger partial charge < -0.3 is 4.74 Å². The summed E-state index contributed by atoms with van der Waals surface area (Å²) in [5.41, 5.74) is 1.54. The molecule has 0 bridgehead atoms. The summed E-state index contributed by atoms with van der Waals surface area (Å²) in [6.07, 6.45) is -4.01. The first-order valence-electron chi connectivity index (χ1n) is 10.8. The van der Waals surface area contributed by atoms with Gasteiger partial charge in [0.1, 0.15) is 0 Å².